The molecule has 0 unspecified atom stereocenters. The maximum absolute atomic E-state index is 9.33. The van der Waals surface area contributed by atoms with E-state index in [1.807, 2.05) is 36.4 Å². The molecule has 0 saturated carbocycles. The van der Waals surface area contributed by atoms with Crippen LogP contribution in [0.3, 0.4) is 0 Å². The van der Waals surface area contributed by atoms with E-state index in [0.717, 1.165) is 0 Å². The second-order valence-electron chi connectivity index (χ2n) is 2.27. The fourth-order valence-electron chi connectivity index (χ4n) is 0.589. The van der Waals surface area contributed by atoms with Crippen LogP contribution in [0, 0.1) is 0 Å². The average Bonchev–Trinajstić information content (AvgIpc) is 2.19. The molecule has 1 aromatic carbocycles. The minimum Gasteiger partial charge on any atom is -0.745 e. The molecule has 5 heteroatoms. The van der Waals surface area contributed by atoms with E-state index >= 15 is 0 Å². The quantitative estimate of drug-likeness (QED) is 0.487. The Morgan fingerprint density at radius 3 is 1.73 bits per heavy atom. The molecule has 0 bridgehead atoms. The smallest absolute Gasteiger partial charge is 0.745 e. The summed E-state index contributed by atoms with van der Waals surface area (Å²) in [5.74, 6) is 0. The van der Waals surface area contributed by atoms with E-state index in [-0.39, 0.29) is 29.6 Å². The molecule has 1 aromatic rings. The molecule has 0 aliphatic rings. The van der Waals surface area contributed by atoms with E-state index in [0.29, 0.717) is 5.41 Å². The third kappa shape index (κ3) is 11.5. The normalized spacial score (nSPS) is 8.87. The predicted octanol–water partition coefficient (Wildman–Crippen LogP) is -0.991. The molecule has 0 N–H and O–H groups in total. The van der Waals surface area contributed by atoms with Crippen LogP contribution in [0.2, 0.25) is 0 Å². The Hall–Kier alpha value is -0.390. The van der Waals surface area contributed by atoms with Gasteiger partial charge in [-0.2, -0.15) is 0 Å². The van der Waals surface area contributed by atoms with Crippen molar-refractivity contribution in [3.05, 3.63) is 54.5 Å². The maximum atomic E-state index is 9.33. The van der Waals surface area contributed by atoms with Crippen molar-refractivity contribution >= 4 is 16.2 Å². The Morgan fingerprint density at radius 2 is 1.53 bits per heavy atom. The van der Waals surface area contributed by atoms with Crippen LogP contribution in [0.15, 0.2) is 48.9 Å². The summed E-state index contributed by atoms with van der Waals surface area (Å²) in [4.78, 5) is 0. The largest absolute Gasteiger partial charge is 1.00 e. The van der Waals surface area contributed by atoms with Crippen LogP contribution >= 0.6 is 0 Å². The van der Waals surface area contributed by atoms with Crippen molar-refractivity contribution in [3.8, 4) is 0 Å². The second kappa shape index (κ2) is 8.88. The second-order valence-corrected chi connectivity index (χ2v) is 3.59. The molecule has 76 valence electrons. The summed E-state index contributed by atoms with van der Waals surface area (Å²) < 4.78 is 28.0. The van der Waals surface area contributed by atoms with Gasteiger partial charge in [0.05, 0.1) is 0 Å². The summed E-state index contributed by atoms with van der Waals surface area (Å²) in [6.07, 6.45) is 1.83. The fourth-order valence-corrected chi connectivity index (χ4v) is 0.589. The van der Waals surface area contributed by atoms with Crippen molar-refractivity contribution in [3.63, 3.8) is 0 Å². The summed E-state index contributed by atoms with van der Waals surface area (Å²) in [5.41, 5.74) is 1.17. The van der Waals surface area contributed by atoms with Gasteiger partial charge < -0.3 is 4.55 Å². The van der Waals surface area contributed by atoms with Crippen molar-refractivity contribution in [1.82, 2.24) is 0 Å². The van der Waals surface area contributed by atoms with Gasteiger partial charge in [0.2, 0.25) is 0 Å². The van der Waals surface area contributed by atoms with E-state index in [4.69, 9.17) is 0 Å². The first-order valence-electron chi connectivity index (χ1n) is 3.75. The molecule has 0 fully saturated rings. The van der Waals surface area contributed by atoms with E-state index in [2.05, 4.69) is 13.2 Å². The zero-order valence-corrected chi connectivity index (χ0v) is 11.4. The molecule has 0 aromatic heterocycles. The molecular formula is C10H11NaO3S. The Bertz CT molecular complexity index is 373. The summed E-state index contributed by atoms with van der Waals surface area (Å²) >= 11 is 0. The van der Waals surface area contributed by atoms with Crippen molar-refractivity contribution in [1.29, 1.82) is 0 Å². The van der Waals surface area contributed by atoms with Crippen LogP contribution in [0.1, 0.15) is 5.56 Å². The molecule has 0 aliphatic heterocycles. The van der Waals surface area contributed by atoms with Gasteiger partial charge in [-0.15, -0.1) is 0 Å². The average molecular weight is 234 g/mol. The van der Waals surface area contributed by atoms with Gasteiger partial charge in [-0.1, -0.05) is 49.6 Å². The van der Waals surface area contributed by atoms with Crippen molar-refractivity contribution in [2.75, 3.05) is 0 Å². The Balaban J connectivity index is 0. The summed E-state index contributed by atoms with van der Waals surface area (Å²) in [7, 11) is -4.15. The summed E-state index contributed by atoms with van der Waals surface area (Å²) in [6, 6.07) is 10.0. The van der Waals surface area contributed by atoms with Gasteiger partial charge in [0.1, 0.15) is 10.1 Å². The van der Waals surface area contributed by atoms with Gasteiger partial charge in [0.15, 0.2) is 0 Å². The van der Waals surface area contributed by atoms with Crippen molar-refractivity contribution in [2.24, 2.45) is 0 Å². The topological polar surface area (TPSA) is 57.2 Å². The molecule has 1 rings (SSSR count). The molecule has 0 atom stereocenters. The molecule has 0 saturated heterocycles. The van der Waals surface area contributed by atoms with Gasteiger partial charge in [0.25, 0.3) is 0 Å². The number of hydrogen-bond donors (Lipinski definition) is 0. The summed E-state index contributed by atoms with van der Waals surface area (Å²) in [5, 5.41) is 0.354. The first-order valence-corrected chi connectivity index (χ1v) is 5.22. The first-order chi connectivity index (χ1) is 6.49. The van der Waals surface area contributed by atoms with Crippen molar-refractivity contribution in [2.45, 2.75) is 0 Å². The molecule has 0 aliphatic carbocycles. The molecular weight excluding hydrogens is 223 g/mol. The van der Waals surface area contributed by atoms with Gasteiger partial charge in [-0.25, -0.2) is 8.42 Å². The molecule has 3 nitrogen and oxygen atoms in total. The maximum Gasteiger partial charge on any atom is 1.00 e. The minimum atomic E-state index is -4.15. The fraction of sp³-hybridized carbons (Fsp3) is 0. The van der Waals surface area contributed by atoms with Crippen LogP contribution in [-0.4, -0.2) is 13.0 Å². The van der Waals surface area contributed by atoms with Crippen LogP contribution in [0.25, 0.3) is 6.08 Å². The van der Waals surface area contributed by atoms with E-state index in [1.54, 1.807) is 0 Å². The van der Waals surface area contributed by atoms with Crippen molar-refractivity contribution < 1.29 is 42.5 Å². The van der Waals surface area contributed by atoms with Crippen LogP contribution in [0.4, 0.5) is 0 Å². The first kappa shape index (κ1) is 17.0. The Morgan fingerprint density at radius 1 is 1.13 bits per heavy atom. The molecule has 0 heterocycles. The molecule has 0 spiro atoms. The van der Waals surface area contributed by atoms with Crippen LogP contribution in [-0.2, 0) is 10.1 Å². The predicted molar refractivity (Wildman–Crippen MR) is 56.4 cm³/mol. The number of hydrogen-bond acceptors (Lipinski definition) is 3. The molecule has 15 heavy (non-hydrogen) atoms. The zero-order chi connectivity index (χ0) is 11.0. The minimum absolute atomic E-state index is 0. The zero-order valence-electron chi connectivity index (χ0n) is 8.59. The molecule has 0 amide bonds. The summed E-state index contributed by atoms with van der Waals surface area (Å²) in [6.45, 7) is 6.36. The van der Waals surface area contributed by atoms with Crippen LogP contribution < -0.4 is 29.6 Å². The van der Waals surface area contributed by atoms with Gasteiger partial charge in [-0.3, -0.25) is 0 Å². The van der Waals surface area contributed by atoms with Gasteiger partial charge in [0, 0.05) is 5.41 Å². The Kier molecular flexibility index (Phi) is 10.1. The van der Waals surface area contributed by atoms with E-state index < -0.39 is 10.1 Å². The third-order valence-corrected chi connectivity index (χ3v) is 1.65. The number of benzene rings is 1. The number of rotatable bonds is 2. The Labute approximate surface area is 113 Å². The van der Waals surface area contributed by atoms with Crippen LogP contribution in [0.5, 0.6) is 0 Å². The van der Waals surface area contributed by atoms with Gasteiger partial charge >= 0.3 is 29.6 Å². The van der Waals surface area contributed by atoms with Gasteiger partial charge in [-0.05, 0) is 5.56 Å². The van der Waals surface area contributed by atoms with E-state index in [9.17, 15) is 13.0 Å². The standard InChI is InChI=1S/C8H8.C2H4O3S.Na/c1-2-8-6-4-3-5-7-8;1-2-6(3,4)5;/h2-7H,1H2;2H,1H2,(H,3,4,5);/q;;+1/p-1. The third-order valence-electron chi connectivity index (χ3n) is 1.24. The van der Waals surface area contributed by atoms with E-state index in [1.165, 1.54) is 5.56 Å². The SMILES string of the molecule is C=CS(=O)(=O)[O-].C=Cc1ccccc1.[Na+]. The monoisotopic (exact) mass is 234 g/mol. The molecule has 0 radical (unpaired) electrons.